The molecule has 0 aliphatic carbocycles. The molecule has 120 valence electrons. The molecule has 0 aliphatic rings. The highest BCUT2D eigenvalue weighted by Gasteiger charge is 2.08. The number of para-hydroxylation sites is 1. The molecule has 0 spiro atoms. The van der Waals surface area contributed by atoms with Crippen LogP contribution in [0.3, 0.4) is 0 Å². The van der Waals surface area contributed by atoms with Crippen LogP contribution in [-0.4, -0.2) is 23.2 Å². The molecule has 1 amide bonds. The second-order valence-corrected chi connectivity index (χ2v) is 4.98. The second kappa shape index (κ2) is 7.23. The van der Waals surface area contributed by atoms with Crippen LogP contribution in [0.15, 0.2) is 66.7 Å². The molecule has 0 saturated carbocycles. The van der Waals surface area contributed by atoms with E-state index in [1.165, 1.54) is 0 Å². The number of carbonyl (C=O) groups excluding carboxylic acids is 1. The van der Waals surface area contributed by atoms with Crippen molar-refractivity contribution in [1.29, 1.82) is 0 Å². The van der Waals surface area contributed by atoms with Gasteiger partial charge in [-0.1, -0.05) is 24.3 Å². The molecule has 2 aromatic carbocycles. The van der Waals surface area contributed by atoms with Gasteiger partial charge < -0.3 is 15.4 Å². The number of hydrogen-bond donors (Lipinski definition) is 2. The Morgan fingerprint density at radius 3 is 2.38 bits per heavy atom. The van der Waals surface area contributed by atoms with Crippen LogP contribution in [0.1, 0.15) is 10.4 Å². The lowest BCUT2D eigenvalue weighted by atomic mass is 10.2. The fraction of sp³-hybridized carbons (Fsp3) is 0.0556. The maximum Gasteiger partial charge on any atom is 0.256 e. The van der Waals surface area contributed by atoms with Gasteiger partial charge in [-0.15, -0.1) is 10.2 Å². The summed E-state index contributed by atoms with van der Waals surface area (Å²) in [7, 11) is 1.56. The molecule has 0 aliphatic heterocycles. The molecule has 3 aromatic rings. The normalized spacial score (nSPS) is 10.0. The van der Waals surface area contributed by atoms with Crippen molar-refractivity contribution in [3.05, 3.63) is 72.3 Å². The van der Waals surface area contributed by atoms with Gasteiger partial charge in [-0.3, -0.25) is 4.79 Å². The van der Waals surface area contributed by atoms with Crippen molar-refractivity contribution in [2.24, 2.45) is 0 Å². The number of methoxy groups -OCH3 is 1. The first-order chi connectivity index (χ1) is 11.7. The molecule has 6 nitrogen and oxygen atoms in total. The summed E-state index contributed by atoms with van der Waals surface area (Å²) in [5, 5.41) is 13.9. The number of ether oxygens (including phenoxy) is 1. The molecular weight excluding hydrogens is 304 g/mol. The standard InChI is InChI=1S/C18H16N4O2/c1-24-15-9-5-6-13(12-15)18(23)20-17-11-10-16(21-22-17)19-14-7-3-2-4-8-14/h2-12H,1H3,(H,19,21)(H,20,22,23). The fourth-order valence-electron chi connectivity index (χ4n) is 2.09. The minimum Gasteiger partial charge on any atom is -0.497 e. The van der Waals surface area contributed by atoms with Gasteiger partial charge in [-0.2, -0.15) is 0 Å². The van der Waals surface area contributed by atoms with Crippen molar-refractivity contribution >= 4 is 23.2 Å². The zero-order chi connectivity index (χ0) is 16.8. The number of benzene rings is 2. The van der Waals surface area contributed by atoms with E-state index in [0.717, 1.165) is 5.69 Å². The van der Waals surface area contributed by atoms with Gasteiger partial charge in [-0.25, -0.2) is 0 Å². The van der Waals surface area contributed by atoms with Gasteiger partial charge in [0.15, 0.2) is 11.6 Å². The third kappa shape index (κ3) is 3.86. The Balaban J connectivity index is 1.66. The highest BCUT2D eigenvalue weighted by atomic mass is 16.5. The smallest absolute Gasteiger partial charge is 0.256 e. The summed E-state index contributed by atoms with van der Waals surface area (Å²) >= 11 is 0. The highest BCUT2D eigenvalue weighted by Crippen LogP contribution is 2.16. The molecule has 24 heavy (non-hydrogen) atoms. The molecule has 1 heterocycles. The van der Waals surface area contributed by atoms with Crippen LogP contribution in [0, 0.1) is 0 Å². The van der Waals surface area contributed by atoms with Gasteiger partial charge in [0.05, 0.1) is 7.11 Å². The summed E-state index contributed by atoms with van der Waals surface area (Å²) in [5.74, 6) is 1.32. The monoisotopic (exact) mass is 320 g/mol. The topological polar surface area (TPSA) is 76.1 Å². The lowest BCUT2D eigenvalue weighted by Gasteiger charge is -2.07. The molecule has 2 N–H and O–H groups in total. The predicted octanol–water partition coefficient (Wildman–Crippen LogP) is 3.48. The maximum absolute atomic E-state index is 12.2. The van der Waals surface area contributed by atoms with E-state index in [9.17, 15) is 4.79 Å². The lowest BCUT2D eigenvalue weighted by molar-refractivity contribution is 0.102. The molecule has 0 unspecified atom stereocenters. The molecule has 0 saturated heterocycles. The molecule has 0 bridgehead atoms. The van der Waals surface area contributed by atoms with Crippen LogP contribution >= 0.6 is 0 Å². The Bertz CT molecular complexity index is 820. The van der Waals surface area contributed by atoms with Crippen molar-refractivity contribution in [1.82, 2.24) is 10.2 Å². The van der Waals surface area contributed by atoms with E-state index in [1.54, 1.807) is 43.5 Å². The Morgan fingerprint density at radius 2 is 1.67 bits per heavy atom. The number of rotatable bonds is 5. The van der Waals surface area contributed by atoms with Crippen LogP contribution in [0.25, 0.3) is 0 Å². The number of carbonyl (C=O) groups is 1. The van der Waals surface area contributed by atoms with E-state index in [0.29, 0.717) is 22.9 Å². The molecule has 0 fully saturated rings. The Kier molecular flexibility index (Phi) is 4.67. The zero-order valence-corrected chi connectivity index (χ0v) is 13.1. The van der Waals surface area contributed by atoms with Gasteiger partial charge >= 0.3 is 0 Å². The number of aromatic nitrogens is 2. The Labute approximate surface area is 139 Å². The number of hydrogen-bond acceptors (Lipinski definition) is 5. The highest BCUT2D eigenvalue weighted by molar-refractivity contribution is 6.03. The Morgan fingerprint density at radius 1 is 0.917 bits per heavy atom. The minimum absolute atomic E-state index is 0.271. The second-order valence-electron chi connectivity index (χ2n) is 4.98. The quantitative estimate of drug-likeness (QED) is 0.752. The molecule has 3 rings (SSSR count). The third-order valence-electron chi connectivity index (χ3n) is 3.28. The van der Waals surface area contributed by atoms with Crippen molar-refractivity contribution in [3.63, 3.8) is 0 Å². The summed E-state index contributed by atoms with van der Waals surface area (Å²) in [6.45, 7) is 0. The summed E-state index contributed by atoms with van der Waals surface area (Å²) in [6, 6.07) is 20.0. The van der Waals surface area contributed by atoms with E-state index >= 15 is 0 Å². The summed E-state index contributed by atoms with van der Waals surface area (Å²) in [6.07, 6.45) is 0. The van der Waals surface area contributed by atoms with Gasteiger partial charge in [0.1, 0.15) is 5.75 Å². The van der Waals surface area contributed by atoms with Crippen molar-refractivity contribution in [2.75, 3.05) is 17.7 Å². The molecular formula is C18H16N4O2. The van der Waals surface area contributed by atoms with Crippen molar-refractivity contribution in [2.45, 2.75) is 0 Å². The fourth-order valence-corrected chi connectivity index (χ4v) is 2.09. The van der Waals surface area contributed by atoms with E-state index in [2.05, 4.69) is 20.8 Å². The first-order valence-corrected chi connectivity index (χ1v) is 7.36. The van der Waals surface area contributed by atoms with Crippen LogP contribution in [0.4, 0.5) is 17.3 Å². The zero-order valence-electron chi connectivity index (χ0n) is 13.1. The first-order valence-electron chi connectivity index (χ1n) is 7.36. The molecule has 6 heteroatoms. The van der Waals surface area contributed by atoms with Gasteiger partial charge in [-0.05, 0) is 42.5 Å². The van der Waals surface area contributed by atoms with Gasteiger partial charge in [0.2, 0.25) is 0 Å². The number of nitrogens with one attached hydrogen (secondary N) is 2. The van der Waals surface area contributed by atoms with E-state index in [1.807, 2.05) is 30.3 Å². The van der Waals surface area contributed by atoms with Crippen molar-refractivity contribution in [3.8, 4) is 5.75 Å². The van der Waals surface area contributed by atoms with E-state index in [4.69, 9.17) is 4.74 Å². The average Bonchev–Trinajstić information content (AvgIpc) is 2.64. The van der Waals surface area contributed by atoms with Gasteiger partial charge in [0.25, 0.3) is 5.91 Å². The van der Waals surface area contributed by atoms with Crippen LogP contribution < -0.4 is 15.4 Å². The summed E-state index contributed by atoms with van der Waals surface area (Å²) in [5.41, 5.74) is 1.41. The van der Waals surface area contributed by atoms with Crippen molar-refractivity contribution < 1.29 is 9.53 Å². The largest absolute Gasteiger partial charge is 0.497 e. The van der Waals surface area contributed by atoms with Crippen LogP contribution in [-0.2, 0) is 0 Å². The van der Waals surface area contributed by atoms with E-state index in [-0.39, 0.29) is 5.91 Å². The van der Waals surface area contributed by atoms with E-state index < -0.39 is 0 Å². The summed E-state index contributed by atoms with van der Waals surface area (Å²) < 4.78 is 5.11. The minimum atomic E-state index is -0.271. The maximum atomic E-state index is 12.2. The number of nitrogens with zero attached hydrogens (tertiary/aromatic N) is 2. The molecule has 0 atom stereocenters. The number of amides is 1. The van der Waals surface area contributed by atoms with Gasteiger partial charge in [0, 0.05) is 11.3 Å². The first kappa shape index (κ1) is 15.5. The average molecular weight is 320 g/mol. The Hall–Kier alpha value is -3.41. The summed E-state index contributed by atoms with van der Waals surface area (Å²) in [4.78, 5) is 12.2. The van der Waals surface area contributed by atoms with Crippen LogP contribution in [0.2, 0.25) is 0 Å². The third-order valence-corrected chi connectivity index (χ3v) is 3.28. The lowest BCUT2D eigenvalue weighted by Crippen LogP contribution is -2.13. The predicted molar refractivity (Wildman–Crippen MR) is 92.7 cm³/mol. The number of anilines is 3. The molecule has 0 radical (unpaired) electrons. The van der Waals surface area contributed by atoms with Crippen LogP contribution in [0.5, 0.6) is 5.75 Å². The molecule has 1 aromatic heterocycles. The SMILES string of the molecule is COc1cccc(C(=O)Nc2ccc(Nc3ccccc3)nn2)c1.